The molecule has 0 spiro atoms. The molecular formula is C67H130O5. The third-order valence-electron chi connectivity index (χ3n) is 15.3. The highest BCUT2D eigenvalue weighted by molar-refractivity contribution is 5.70. The van der Waals surface area contributed by atoms with Gasteiger partial charge in [-0.2, -0.15) is 0 Å². The molecule has 1 unspecified atom stereocenters. The molecule has 0 aromatic heterocycles. The molecule has 0 heterocycles. The first-order valence-corrected chi connectivity index (χ1v) is 33.2. The van der Waals surface area contributed by atoms with Crippen molar-refractivity contribution >= 4 is 11.9 Å². The standard InChI is InChI=1S/C67H130O5/c1-4-7-10-13-16-19-22-25-28-31-34-36-39-42-45-48-51-54-57-60-66(68)71-64-65(63-70-62-59-56-53-50-47-44-41-38-33-30-27-24-21-18-15-12-9-6-3)72-67(69)61-58-55-52-49-46-43-40-37-35-32-29-26-23-20-17-14-11-8-5-2/h25,28,65H,4-24,26-27,29-64H2,1-3H3/b28-25-. The Hall–Kier alpha value is -1.36. The topological polar surface area (TPSA) is 61.8 Å². The first-order chi connectivity index (χ1) is 35.6. The van der Waals surface area contributed by atoms with Gasteiger partial charge in [0.15, 0.2) is 6.10 Å². The minimum absolute atomic E-state index is 0.0950. The minimum atomic E-state index is -0.529. The van der Waals surface area contributed by atoms with Crippen LogP contribution in [-0.2, 0) is 23.8 Å². The second-order valence-corrected chi connectivity index (χ2v) is 22.7. The summed E-state index contributed by atoms with van der Waals surface area (Å²) in [5, 5.41) is 0. The summed E-state index contributed by atoms with van der Waals surface area (Å²) in [6.45, 7) is 7.93. The number of carbonyl (C=O) groups is 2. The Bertz CT molecular complexity index is 1060. The van der Waals surface area contributed by atoms with Crippen LogP contribution < -0.4 is 0 Å². The Morgan fingerprint density at radius 2 is 0.542 bits per heavy atom. The third kappa shape index (κ3) is 61.2. The molecule has 0 bridgehead atoms. The van der Waals surface area contributed by atoms with Crippen molar-refractivity contribution in [2.45, 2.75) is 386 Å². The van der Waals surface area contributed by atoms with Gasteiger partial charge in [-0.3, -0.25) is 9.59 Å². The Kier molecular flexibility index (Phi) is 62.7. The molecule has 0 aliphatic rings. The number of hydrogen-bond donors (Lipinski definition) is 0. The molecule has 0 saturated carbocycles. The summed E-state index contributed by atoms with van der Waals surface area (Å²) in [4.78, 5) is 25.7. The van der Waals surface area contributed by atoms with E-state index in [0.717, 1.165) is 32.1 Å². The van der Waals surface area contributed by atoms with Crippen LogP contribution in [0.1, 0.15) is 380 Å². The lowest BCUT2D eigenvalue weighted by Gasteiger charge is -2.18. The van der Waals surface area contributed by atoms with Crippen molar-refractivity contribution < 1.29 is 23.8 Å². The highest BCUT2D eigenvalue weighted by atomic mass is 16.6. The zero-order valence-electron chi connectivity index (χ0n) is 49.5. The molecule has 0 rings (SSSR count). The SMILES string of the molecule is CCCCCCCC/C=C\CCCCCCCCCCCC(=O)OCC(COCCCCCCCCCCCCCCCCCCCC)OC(=O)CCCCCCCCCCCCCCCCCCCCC. The summed E-state index contributed by atoms with van der Waals surface area (Å²) < 4.78 is 17.6. The van der Waals surface area contributed by atoms with Gasteiger partial charge >= 0.3 is 11.9 Å². The summed E-state index contributed by atoms with van der Waals surface area (Å²) in [5.41, 5.74) is 0. The van der Waals surface area contributed by atoms with Crippen LogP contribution in [0.15, 0.2) is 12.2 Å². The fourth-order valence-electron chi connectivity index (χ4n) is 10.3. The van der Waals surface area contributed by atoms with Gasteiger partial charge < -0.3 is 14.2 Å². The molecule has 0 N–H and O–H groups in total. The Labute approximate surface area is 452 Å². The first-order valence-electron chi connectivity index (χ1n) is 33.2. The quantitative estimate of drug-likeness (QED) is 0.0345. The van der Waals surface area contributed by atoms with Gasteiger partial charge in [0.1, 0.15) is 6.61 Å². The van der Waals surface area contributed by atoms with Crippen LogP contribution in [0, 0.1) is 0 Å². The van der Waals surface area contributed by atoms with E-state index in [1.807, 2.05) is 0 Å². The number of hydrogen-bond acceptors (Lipinski definition) is 5. The highest BCUT2D eigenvalue weighted by Crippen LogP contribution is 2.18. The van der Waals surface area contributed by atoms with Crippen molar-refractivity contribution in [2.24, 2.45) is 0 Å². The Morgan fingerprint density at radius 1 is 0.292 bits per heavy atom. The summed E-state index contributed by atoms with van der Waals surface area (Å²) in [7, 11) is 0. The molecule has 0 aromatic carbocycles. The number of esters is 2. The molecule has 0 radical (unpaired) electrons. The highest BCUT2D eigenvalue weighted by Gasteiger charge is 2.18. The van der Waals surface area contributed by atoms with Crippen LogP contribution in [0.5, 0.6) is 0 Å². The van der Waals surface area contributed by atoms with E-state index in [9.17, 15) is 9.59 Å². The largest absolute Gasteiger partial charge is 0.462 e. The number of carbonyl (C=O) groups excluding carboxylic acids is 2. The van der Waals surface area contributed by atoms with Crippen molar-refractivity contribution in [1.29, 1.82) is 0 Å². The van der Waals surface area contributed by atoms with Crippen LogP contribution in [0.4, 0.5) is 0 Å². The maximum atomic E-state index is 12.9. The van der Waals surface area contributed by atoms with Crippen LogP contribution in [0.3, 0.4) is 0 Å². The van der Waals surface area contributed by atoms with E-state index in [2.05, 4.69) is 32.9 Å². The fourth-order valence-corrected chi connectivity index (χ4v) is 10.3. The maximum Gasteiger partial charge on any atom is 0.306 e. The lowest BCUT2D eigenvalue weighted by molar-refractivity contribution is -0.163. The van der Waals surface area contributed by atoms with Gasteiger partial charge in [0.25, 0.3) is 0 Å². The van der Waals surface area contributed by atoms with Gasteiger partial charge in [0.05, 0.1) is 6.61 Å². The van der Waals surface area contributed by atoms with Gasteiger partial charge in [-0.25, -0.2) is 0 Å². The van der Waals surface area contributed by atoms with Crippen LogP contribution >= 0.6 is 0 Å². The molecule has 428 valence electrons. The molecule has 0 aliphatic heterocycles. The zero-order valence-corrected chi connectivity index (χ0v) is 49.5. The predicted octanol–water partition coefficient (Wildman–Crippen LogP) is 22.9. The molecular weight excluding hydrogens is 885 g/mol. The lowest BCUT2D eigenvalue weighted by Crippen LogP contribution is -2.30. The summed E-state index contributed by atoms with van der Waals surface area (Å²) >= 11 is 0. The number of unbranched alkanes of at least 4 members (excludes halogenated alkanes) is 50. The summed E-state index contributed by atoms with van der Waals surface area (Å²) in [5.74, 6) is -0.366. The van der Waals surface area contributed by atoms with Gasteiger partial charge in [-0.15, -0.1) is 0 Å². The monoisotopic (exact) mass is 1010 g/mol. The zero-order chi connectivity index (χ0) is 52.0. The molecule has 0 aliphatic carbocycles. The smallest absolute Gasteiger partial charge is 0.306 e. The minimum Gasteiger partial charge on any atom is -0.462 e. The van der Waals surface area contributed by atoms with E-state index in [-0.39, 0.29) is 18.5 Å². The van der Waals surface area contributed by atoms with E-state index in [0.29, 0.717) is 26.1 Å². The van der Waals surface area contributed by atoms with Crippen LogP contribution in [0.25, 0.3) is 0 Å². The van der Waals surface area contributed by atoms with Gasteiger partial charge in [0.2, 0.25) is 0 Å². The predicted molar refractivity (Wildman–Crippen MR) is 316 cm³/mol. The summed E-state index contributed by atoms with van der Waals surface area (Å²) in [6, 6.07) is 0. The molecule has 0 fully saturated rings. The average Bonchev–Trinajstić information content (AvgIpc) is 3.38. The molecule has 72 heavy (non-hydrogen) atoms. The van der Waals surface area contributed by atoms with E-state index >= 15 is 0 Å². The maximum absolute atomic E-state index is 12.9. The Balaban J connectivity index is 4.20. The third-order valence-corrected chi connectivity index (χ3v) is 15.3. The number of allylic oxidation sites excluding steroid dienone is 2. The Morgan fingerprint density at radius 3 is 0.847 bits per heavy atom. The molecule has 5 heteroatoms. The van der Waals surface area contributed by atoms with E-state index < -0.39 is 6.10 Å². The van der Waals surface area contributed by atoms with Crippen molar-refractivity contribution in [1.82, 2.24) is 0 Å². The molecule has 5 nitrogen and oxygen atoms in total. The van der Waals surface area contributed by atoms with Crippen molar-refractivity contribution in [3.05, 3.63) is 12.2 Å². The molecule has 0 amide bonds. The van der Waals surface area contributed by atoms with Crippen molar-refractivity contribution in [2.75, 3.05) is 19.8 Å². The van der Waals surface area contributed by atoms with Gasteiger partial charge in [-0.05, 0) is 44.9 Å². The van der Waals surface area contributed by atoms with Crippen LogP contribution in [0.2, 0.25) is 0 Å². The van der Waals surface area contributed by atoms with Gasteiger partial charge in [-0.1, -0.05) is 335 Å². The van der Waals surface area contributed by atoms with Gasteiger partial charge in [0, 0.05) is 19.4 Å². The molecule has 1 atom stereocenters. The first kappa shape index (κ1) is 70.6. The normalized spacial score (nSPS) is 12.1. The molecule has 0 aromatic rings. The fraction of sp³-hybridized carbons (Fsp3) is 0.940. The molecule has 0 saturated heterocycles. The van der Waals surface area contributed by atoms with Crippen LogP contribution in [-0.4, -0.2) is 37.9 Å². The summed E-state index contributed by atoms with van der Waals surface area (Å²) in [6.07, 6.45) is 76.9. The average molecular weight is 1020 g/mol. The lowest BCUT2D eigenvalue weighted by atomic mass is 10.0. The van der Waals surface area contributed by atoms with Crippen molar-refractivity contribution in [3.8, 4) is 0 Å². The second-order valence-electron chi connectivity index (χ2n) is 22.7. The van der Waals surface area contributed by atoms with E-state index in [1.54, 1.807) is 0 Å². The second kappa shape index (κ2) is 63.9. The van der Waals surface area contributed by atoms with Crippen molar-refractivity contribution in [3.63, 3.8) is 0 Å². The number of rotatable bonds is 63. The van der Waals surface area contributed by atoms with E-state index in [4.69, 9.17) is 14.2 Å². The number of ether oxygens (including phenoxy) is 3. The van der Waals surface area contributed by atoms with E-state index in [1.165, 1.54) is 315 Å².